The van der Waals surface area contributed by atoms with Crippen LogP contribution in [0.4, 0.5) is 5.69 Å². The molecule has 2 heterocycles. The summed E-state index contributed by atoms with van der Waals surface area (Å²) in [7, 11) is 0. The third kappa shape index (κ3) is 3.61. The lowest BCUT2D eigenvalue weighted by Crippen LogP contribution is -2.04. The van der Waals surface area contributed by atoms with Crippen LogP contribution in [-0.4, -0.2) is 26.5 Å². The number of rotatable bonds is 6. The Kier molecular flexibility index (Phi) is 4.78. The molecule has 0 aliphatic carbocycles. The summed E-state index contributed by atoms with van der Waals surface area (Å²) in [6, 6.07) is 3.81. The summed E-state index contributed by atoms with van der Waals surface area (Å²) in [4.78, 5) is 21.4. The first kappa shape index (κ1) is 14.1. The van der Waals surface area contributed by atoms with Crippen LogP contribution < -0.4 is 4.74 Å². The molecule has 0 saturated carbocycles. The van der Waals surface area contributed by atoms with Crippen molar-refractivity contribution in [3.8, 4) is 5.88 Å². The van der Waals surface area contributed by atoms with E-state index in [0.717, 1.165) is 18.3 Å². The summed E-state index contributed by atoms with van der Waals surface area (Å²) < 4.78 is 5.31. The van der Waals surface area contributed by atoms with E-state index in [1.807, 2.05) is 12.1 Å². The van der Waals surface area contributed by atoms with Crippen molar-refractivity contribution in [2.75, 3.05) is 6.61 Å². The monoisotopic (exact) mass is 294 g/mol. The molecule has 0 unspecified atom stereocenters. The van der Waals surface area contributed by atoms with Crippen molar-refractivity contribution in [1.29, 1.82) is 0 Å². The van der Waals surface area contributed by atoms with Crippen LogP contribution >= 0.6 is 11.6 Å². The third-order valence-corrected chi connectivity index (χ3v) is 2.80. The van der Waals surface area contributed by atoms with Gasteiger partial charge < -0.3 is 4.74 Å². The summed E-state index contributed by atoms with van der Waals surface area (Å²) in [5, 5.41) is 10.6. The SMILES string of the molecule is O=[N+]([O-])c1c(Cl)ncnc1OCCCc1ccncc1. The van der Waals surface area contributed by atoms with Crippen LogP contribution in [0.25, 0.3) is 0 Å². The minimum absolute atomic E-state index is 0.107. The van der Waals surface area contributed by atoms with Crippen molar-refractivity contribution in [3.63, 3.8) is 0 Å². The first-order valence-corrected chi connectivity index (χ1v) is 6.23. The summed E-state index contributed by atoms with van der Waals surface area (Å²) in [6.45, 7) is 0.302. The number of pyridine rings is 1. The topological polar surface area (TPSA) is 91.0 Å². The zero-order valence-electron chi connectivity index (χ0n) is 10.4. The predicted octanol–water partition coefficient (Wildman–Crippen LogP) is 2.44. The van der Waals surface area contributed by atoms with Gasteiger partial charge in [-0.2, -0.15) is 4.98 Å². The fourth-order valence-electron chi connectivity index (χ4n) is 1.60. The number of aryl methyl sites for hydroxylation is 1. The van der Waals surface area contributed by atoms with E-state index in [9.17, 15) is 10.1 Å². The Labute approximate surface area is 119 Å². The first-order chi connectivity index (χ1) is 9.68. The Morgan fingerprint density at radius 2 is 2.05 bits per heavy atom. The molecule has 0 amide bonds. The summed E-state index contributed by atoms with van der Waals surface area (Å²) in [5.41, 5.74) is 0.719. The van der Waals surface area contributed by atoms with Crippen LogP contribution in [0.5, 0.6) is 5.88 Å². The Morgan fingerprint density at radius 3 is 2.75 bits per heavy atom. The van der Waals surface area contributed by atoms with E-state index in [0.29, 0.717) is 13.0 Å². The van der Waals surface area contributed by atoms with Crippen molar-refractivity contribution in [2.24, 2.45) is 0 Å². The number of hydrogen-bond acceptors (Lipinski definition) is 6. The molecule has 8 heteroatoms. The molecule has 0 aliphatic heterocycles. The summed E-state index contributed by atoms with van der Waals surface area (Å²) >= 11 is 5.65. The van der Waals surface area contributed by atoms with Gasteiger partial charge in [0.25, 0.3) is 5.88 Å². The first-order valence-electron chi connectivity index (χ1n) is 5.85. The molecule has 0 bridgehead atoms. The lowest BCUT2D eigenvalue weighted by atomic mass is 10.1. The van der Waals surface area contributed by atoms with Crippen LogP contribution in [0.1, 0.15) is 12.0 Å². The number of nitro groups is 1. The molecule has 0 fully saturated rings. The van der Waals surface area contributed by atoms with Crippen LogP contribution in [0.2, 0.25) is 5.15 Å². The third-order valence-electron chi connectivity index (χ3n) is 2.52. The number of nitrogens with zero attached hydrogens (tertiary/aromatic N) is 4. The van der Waals surface area contributed by atoms with E-state index in [1.165, 1.54) is 0 Å². The Morgan fingerprint density at radius 1 is 1.30 bits per heavy atom. The highest BCUT2D eigenvalue weighted by atomic mass is 35.5. The highest BCUT2D eigenvalue weighted by Crippen LogP contribution is 2.30. The second-order valence-electron chi connectivity index (χ2n) is 3.88. The van der Waals surface area contributed by atoms with Crippen molar-refractivity contribution >= 4 is 17.3 Å². The molecule has 7 nitrogen and oxygen atoms in total. The van der Waals surface area contributed by atoms with Crippen molar-refractivity contribution in [3.05, 3.63) is 51.7 Å². The minimum Gasteiger partial charge on any atom is -0.473 e. The van der Waals surface area contributed by atoms with Gasteiger partial charge in [0, 0.05) is 12.4 Å². The molecule has 0 saturated heterocycles. The van der Waals surface area contributed by atoms with Gasteiger partial charge in [-0.15, -0.1) is 0 Å². The van der Waals surface area contributed by atoms with Gasteiger partial charge in [0.2, 0.25) is 5.15 Å². The number of aromatic nitrogens is 3. The molecule has 0 N–H and O–H groups in total. The van der Waals surface area contributed by atoms with E-state index < -0.39 is 10.6 Å². The maximum Gasteiger partial charge on any atom is 0.367 e. The van der Waals surface area contributed by atoms with Gasteiger partial charge in [-0.05, 0) is 30.5 Å². The van der Waals surface area contributed by atoms with E-state index >= 15 is 0 Å². The minimum atomic E-state index is -0.652. The number of hydrogen-bond donors (Lipinski definition) is 0. The van der Waals surface area contributed by atoms with Crippen LogP contribution in [-0.2, 0) is 6.42 Å². The van der Waals surface area contributed by atoms with E-state index in [-0.39, 0.29) is 11.0 Å². The van der Waals surface area contributed by atoms with Gasteiger partial charge in [-0.25, -0.2) is 4.98 Å². The standard InChI is InChI=1S/C12H11ClN4O3/c13-11-10(17(18)19)12(16-8-15-11)20-7-1-2-9-3-5-14-6-4-9/h3-6,8H,1-2,7H2. The zero-order valence-corrected chi connectivity index (χ0v) is 11.2. The van der Waals surface area contributed by atoms with Crippen molar-refractivity contribution in [2.45, 2.75) is 12.8 Å². The second-order valence-corrected chi connectivity index (χ2v) is 4.24. The van der Waals surface area contributed by atoms with Gasteiger partial charge >= 0.3 is 5.69 Å². The second kappa shape index (κ2) is 6.76. The Balaban J connectivity index is 1.92. The van der Waals surface area contributed by atoms with Gasteiger partial charge in [0.05, 0.1) is 11.5 Å². The highest BCUT2D eigenvalue weighted by molar-refractivity contribution is 6.31. The molecule has 0 aliphatic rings. The van der Waals surface area contributed by atoms with Crippen LogP contribution in [0, 0.1) is 10.1 Å². The Hall–Kier alpha value is -2.28. The molecule has 0 aromatic carbocycles. The maximum atomic E-state index is 10.9. The molecule has 0 spiro atoms. The lowest BCUT2D eigenvalue weighted by Gasteiger charge is -2.05. The number of halogens is 1. The molecular weight excluding hydrogens is 284 g/mol. The van der Waals surface area contributed by atoms with Gasteiger partial charge in [0.1, 0.15) is 6.33 Å². The van der Waals surface area contributed by atoms with Gasteiger partial charge in [0.15, 0.2) is 0 Å². The molecule has 0 radical (unpaired) electrons. The average molecular weight is 295 g/mol. The zero-order chi connectivity index (χ0) is 14.4. The van der Waals surface area contributed by atoms with E-state index in [2.05, 4.69) is 15.0 Å². The van der Waals surface area contributed by atoms with Crippen LogP contribution in [0.3, 0.4) is 0 Å². The molecular formula is C12H11ClN4O3. The maximum absolute atomic E-state index is 10.9. The molecule has 104 valence electrons. The normalized spacial score (nSPS) is 10.2. The Bertz CT molecular complexity index is 595. The average Bonchev–Trinajstić information content (AvgIpc) is 2.44. The lowest BCUT2D eigenvalue weighted by molar-refractivity contribution is -0.386. The molecule has 20 heavy (non-hydrogen) atoms. The fourth-order valence-corrected chi connectivity index (χ4v) is 1.79. The van der Waals surface area contributed by atoms with Crippen LogP contribution in [0.15, 0.2) is 30.9 Å². The number of ether oxygens (including phenoxy) is 1. The fraction of sp³-hybridized carbons (Fsp3) is 0.250. The molecule has 2 aromatic heterocycles. The predicted molar refractivity (Wildman–Crippen MR) is 71.7 cm³/mol. The van der Waals surface area contributed by atoms with Crippen molar-refractivity contribution < 1.29 is 9.66 Å². The van der Waals surface area contributed by atoms with Gasteiger partial charge in [-0.1, -0.05) is 11.6 Å². The van der Waals surface area contributed by atoms with Crippen molar-refractivity contribution in [1.82, 2.24) is 15.0 Å². The quantitative estimate of drug-likeness (QED) is 0.352. The molecule has 0 atom stereocenters. The molecule has 2 rings (SSSR count). The summed E-state index contributed by atoms with van der Waals surface area (Å²) in [5.74, 6) is -0.107. The van der Waals surface area contributed by atoms with E-state index in [4.69, 9.17) is 16.3 Å². The van der Waals surface area contributed by atoms with E-state index in [1.54, 1.807) is 12.4 Å². The molecule has 2 aromatic rings. The van der Waals surface area contributed by atoms with Gasteiger partial charge in [-0.3, -0.25) is 15.1 Å². The summed E-state index contributed by atoms with van der Waals surface area (Å²) in [6.07, 6.45) is 6.04. The largest absolute Gasteiger partial charge is 0.473 e. The highest BCUT2D eigenvalue weighted by Gasteiger charge is 2.22. The smallest absolute Gasteiger partial charge is 0.367 e.